The molecule has 0 aliphatic carbocycles. The van der Waals surface area contributed by atoms with E-state index in [1.54, 1.807) is 14.7 Å². The molecule has 1 aliphatic heterocycles. The molecule has 14 nitrogen and oxygen atoms in total. The molecule has 14 heteroatoms. The van der Waals surface area contributed by atoms with Gasteiger partial charge in [-0.3, -0.25) is 39.2 Å². The first-order valence-electron chi connectivity index (χ1n) is 13.0. The number of carboxylic acids is 3. The summed E-state index contributed by atoms with van der Waals surface area (Å²) in [6.45, 7) is 4.51. The van der Waals surface area contributed by atoms with Crippen molar-refractivity contribution in [1.82, 2.24) is 19.6 Å². The van der Waals surface area contributed by atoms with E-state index in [0.29, 0.717) is 70.2 Å². The van der Waals surface area contributed by atoms with E-state index in [1.807, 2.05) is 11.8 Å². The van der Waals surface area contributed by atoms with Crippen LogP contribution in [-0.4, -0.2) is 143 Å². The predicted molar refractivity (Wildman–Crippen MR) is 137 cm³/mol. The molecular formula is C25H40N5O9+. The Balaban J connectivity index is 2.23. The van der Waals surface area contributed by atoms with Crippen molar-refractivity contribution in [2.75, 3.05) is 78.6 Å². The molecule has 0 amide bonds. The third-order valence-electron chi connectivity index (χ3n) is 6.37. The number of carbonyl (C=O) groups is 4. The molecule has 4 N–H and O–H groups in total. The fraction of sp³-hybridized carbons (Fsp3) is 0.640. The van der Waals surface area contributed by atoms with Crippen molar-refractivity contribution in [2.45, 2.75) is 26.3 Å². The van der Waals surface area contributed by atoms with E-state index in [2.05, 4.69) is 0 Å². The van der Waals surface area contributed by atoms with Gasteiger partial charge in [-0.15, -0.1) is 0 Å². The molecule has 2 heterocycles. The minimum atomic E-state index is -1.02. The van der Waals surface area contributed by atoms with E-state index in [9.17, 15) is 39.7 Å². The summed E-state index contributed by atoms with van der Waals surface area (Å²) in [6, 6.07) is 3.00. The second-order valence-electron chi connectivity index (χ2n) is 9.53. The fourth-order valence-corrected chi connectivity index (χ4v) is 4.19. The lowest BCUT2D eigenvalue weighted by Crippen LogP contribution is -2.49. The summed E-state index contributed by atoms with van der Waals surface area (Å²) in [4.78, 5) is 53.7. The van der Waals surface area contributed by atoms with Crippen molar-refractivity contribution in [3.05, 3.63) is 29.6 Å². The van der Waals surface area contributed by atoms with Gasteiger partial charge in [0.2, 0.25) is 11.9 Å². The molecule has 39 heavy (non-hydrogen) atoms. The summed E-state index contributed by atoms with van der Waals surface area (Å²) >= 11 is 0. The zero-order valence-electron chi connectivity index (χ0n) is 22.4. The van der Waals surface area contributed by atoms with Crippen molar-refractivity contribution in [1.29, 1.82) is 0 Å². The van der Waals surface area contributed by atoms with Crippen molar-refractivity contribution in [3.8, 4) is 0 Å². The average Bonchev–Trinajstić information content (AvgIpc) is 2.85. The molecule has 218 valence electrons. The zero-order valence-corrected chi connectivity index (χ0v) is 22.4. The topological polar surface area (TPSA) is 175 Å². The Hall–Kier alpha value is -3.33. The number of rotatable bonds is 12. The van der Waals surface area contributed by atoms with Crippen LogP contribution in [-0.2, 0) is 25.7 Å². The Labute approximate surface area is 227 Å². The SMILES string of the molecule is CCCCOC(=O)c1cc[n+](O)c(CN2CCN(CC(=O)O)CCN(CC(=O)O)CCN(CC(=O)O)CC2)c1. The molecule has 0 spiro atoms. The normalized spacial score (nSPS) is 17.2. The molecule has 1 saturated heterocycles. The van der Waals surface area contributed by atoms with Crippen LogP contribution in [0, 0.1) is 0 Å². The zero-order chi connectivity index (χ0) is 28.8. The van der Waals surface area contributed by atoms with Gasteiger partial charge in [-0.05, 0) is 6.42 Å². The number of ether oxygens (including phenoxy) is 1. The van der Waals surface area contributed by atoms with E-state index >= 15 is 0 Å². The van der Waals surface area contributed by atoms with Gasteiger partial charge in [0.1, 0.15) is 0 Å². The summed E-state index contributed by atoms with van der Waals surface area (Å²) in [7, 11) is 0. The maximum Gasteiger partial charge on any atom is 0.338 e. The quantitative estimate of drug-likeness (QED) is 0.109. The Morgan fingerprint density at radius 3 is 1.64 bits per heavy atom. The number of hydrogen-bond acceptors (Lipinski definition) is 10. The van der Waals surface area contributed by atoms with Crippen molar-refractivity contribution in [3.63, 3.8) is 0 Å². The van der Waals surface area contributed by atoms with E-state index in [-0.39, 0.29) is 26.2 Å². The molecule has 0 saturated carbocycles. The number of unbranched alkanes of at least 4 members (excludes halogenated alkanes) is 1. The maximum atomic E-state index is 12.4. The highest BCUT2D eigenvalue weighted by atomic mass is 16.5. The van der Waals surface area contributed by atoms with Crippen LogP contribution in [0.15, 0.2) is 18.3 Å². The van der Waals surface area contributed by atoms with Gasteiger partial charge in [0.25, 0.3) is 0 Å². The predicted octanol–water partition coefficient (Wildman–Crippen LogP) is -0.856. The monoisotopic (exact) mass is 554 g/mol. The molecule has 1 aliphatic rings. The number of nitrogens with zero attached hydrogens (tertiary/aromatic N) is 5. The second-order valence-corrected chi connectivity index (χ2v) is 9.53. The molecule has 2 rings (SSSR count). The molecule has 0 bridgehead atoms. The fourth-order valence-electron chi connectivity index (χ4n) is 4.19. The summed E-state index contributed by atoms with van der Waals surface area (Å²) in [5.41, 5.74) is 0.702. The summed E-state index contributed by atoms with van der Waals surface area (Å²) in [5, 5.41) is 38.4. The minimum Gasteiger partial charge on any atom is -0.480 e. The van der Waals surface area contributed by atoms with Crippen molar-refractivity contribution < 1.29 is 49.2 Å². The molecule has 0 aromatic carbocycles. The molecule has 0 radical (unpaired) electrons. The van der Waals surface area contributed by atoms with Crippen LogP contribution in [0.1, 0.15) is 35.8 Å². The third kappa shape index (κ3) is 12.4. The third-order valence-corrected chi connectivity index (χ3v) is 6.37. The molecule has 1 aromatic rings. The Morgan fingerprint density at radius 1 is 0.795 bits per heavy atom. The maximum absolute atomic E-state index is 12.4. The average molecular weight is 555 g/mol. The van der Waals surface area contributed by atoms with Gasteiger partial charge in [0.05, 0.1) is 38.3 Å². The number of aliphatic carboxylic acids is 3. The lowest BCUT2D eigenvalue weighted by molar-refractivity contribution is -0.910. The Morgan fingerprint density at radius 2 is 1.23 bits per heavy atom. The smallest absolute Gasteiger partial charge is 0.338 e. The van der Waals surface area contributed by atoms with Crippen LogP contribution in [0.3, 0.4) is 0 Å². The molecule has 1 fully saturated rings. The standard InChI is InChI=1S/C25H39N5O9/c1-2-3-14-39-25(37)20-4-5-30(38)21(15-20)16-26-6-8-27(17-22(31)32)10-12-29(19-24(35)36)13-11-28(9-7-26)18-23(33)34/h4-5,15H,2-3,6-14,16-19H2,1H3,(H3-,31,32,33,34,35,36,37,38)/p+1. The Kier molecular flexibility index (Phi) is 13.6. The molecule has 0 unspecified atom stereocenters. The molecular weight excluding hydrogens is 514 g/mol. The number of carbonyl (C=O) groups excluding carboxylic acids is 1. The first-order chi connectivity index (χ1) is 18.6. The lowest BCUT2D eigenvalue weighted by Gasteiger charge is -2.32. The number of hydrogen-bond donors (Lipinski definition) is 4. The van der Waals surface area contributed by atoms with Gasteiger partial charge >= 0.3 is 23.9 Å². The number of aromatic nitrogens is 1. The highest BCUT2D eigenvalue weighted by Gasteiger charge is 2.23. The van der Waals surface area contributed by atoms with Crippen LogP contribution < -0.4 is 4.73 Å². The van der Waals surface area contributed by atoms with Gasteiger partial charge in [-0.25, -0.2) is 4.79 Å². The van der Waals surface area contributed by atoms with Gasteiger partial charge in [-0.1, -0.05) is 13.3 Å². The highest BCUT2D eigenvalue weighted by molar-refractivity contribution is 5.89. The van der Waals surface area contributed by atoms with Crippen molar-refractivity contribution in [2.24, 2.45) is 0 Å². The van der Waals surface area contributed by atoms with E-state index < -0.39 is 23.9 Å². The van der Waals surface area contributed by atoms with Gasteiger partial charge in [0, 0.05) is 69.2 Å². The summed E-state index contributed by atoms with van der Waals surface area (Å²) < 4.78 is 6.18. The molecule has 1 aromatic heterocycles. The molecule has 0 atom stereocenters. The number of pyridine rings is 1. The van der Waals surface area contributed by atoms with Crippen LogP contribution in [0.25, 0.3) is 0 Å². The number of esters is 1. The van der Waals surface area contributed by atoms with Crippen LogP contribution in [0.2, 0.25) is 0 Å². The largest absolute Gasteiger partial charge is 0.480 e. The van der Waals surface area contributed by atoms with E-state index in [4.69, 9.17) is 4.74 Å². The first kappa shape index (κ1) is 31.9. The Bertz CT molecular complexity index is 945. The van der Waals surface area contributed by atoms with Crippen LogP contribution in [0.4, 0.5) is 0 Å². The highest BCUT2D eigenvalue weighted by Crippen LogP contribution is 2.08. The van der Waals surface area contributed by atoms with E-state index in [0.717, 1.165) is 17.6 Å². The van der Waals surface area contributed by atoms with Crippen molar-refractivity contribution >= 4 is 23.9 Å². The number of carboxylic acid groups (broad SMARTS) is 3. The van der Waals surface area contributed by atoms with Gasteiger partial charge in [-0.2, -0.15) is 0 Å². The summed E-state index contributed by atoms with van der Waals surface area (Å²) in [6.07, 6.45) is 2.98. The van der Waals surface area contributed by atoms with Gasteiger partial charge in [0.15, 0.2) is 0 Å². The second kappa shape index (κ2) is 16.6. The van der Waals surface area contributed by atoms with E-state index in [1.165, 1.54) is 18.3 Å². The minimum absolute atomic E-state index is 0.208. The van der Waals surface area contributed by atoms with Crippen LogP contribution >= 0.6 is 0 Å². The lowest BCUT2D eigenvalue weighted by atomic mass is 10.2. The first-order valence-corrected chi connectivity index (χ1v) is 13.0. The van der Waals surface area contributed by atoms with Gasteiger partial charge < -0.3 is 20.1 Å². The summed E-state index contributed by atoms with van der Waals surface area (Å²) in [5.74, 6) is -3.52. The van der Waals surface area contributed by atoms with Crippen LogP contribution in [0.5, 0.6) is 0 Å².